The molecule has 0 saturated carbocycles. The highest BCUT2D eigenvalue weighted by molar-refractivity contribution is 9.10. The normalized spacial score (nSPS) is 10.9. The lowest BCUT2D eigenvalue weighted by Crippen LogP contribution is -2.28. The van der Waals surface area contributed by atoms with Crippen molar-refractivity contribution in [2.75, 3.05) is 5.32 Å². The minimum absolute atomic E-state index is 0.188. The molecule has 2 aromatic carbocycles. The fraction of sp³-hybridized carbons (Fsp3) is 0.0526. The molecule has 0 atom stereocenters. The molecule has 0 bridgehead atoms. The minimum Gasteiger partial charge on any atom is -0.324 e. The molecule has 9 heteroatoms. The number of amides is 1. The molecule has 28 heavy (non-hydrogen) atoms. The second-order valence-corrected chi connectivity index (χ2v) is 7.81. The first-order valence-electron chi connectivity index (χ1n) is 8.33. The monoisotopic (exact) mass is 455 g/mol. The quantitative estimate of drug-likeness (QED) is 0.498. The molecule has 1 amide bonds. The number of halogens is 1. The number of nitrogens with zero attached hydrogens (tertiary/aromatic N) is 4. The lowest BCUT2D eigenvalue weighted by molar-refractivity contribution is -0.117. The highest BCUT2D eigenvalue weighted by atomic mass is 79.9. The molecular formula is C19H14BrN5O2S. The van der Waals surface area contributed by atoms with Crippen LogP contribution in [0.5, 0.6) is 0 Å². The van der Waals surface area contributed by atoms with Crippen LogP contribution in [0, 0.1) is 0 Å². The molecule has 1 N–H and O–H groups in total. The van der Waals surface area contributed by atoms with Crippen molar-refractivity contribution in [2.24, 2.45) is 0 Å². The zero-order valence-corrected chi connectivity index (χ0v) is 16.9. The summed E-state index contributed by atoms with van der Waals surface area (Å²) in [5.74, 6) is -0.335. The Morgan fingerprint density at radius 2 is 1.86 bits per heavy atom. The molecule has 0 saturated heterocycles. The predicted molar refractivity (Wildman–Crippen MR) is 111 cm³/mol. The third-order valence-electron chi connectivity index (χ3n) is 3.85. The molecule has 0 aliphatic heterocycles. The summed E-state index contributed by atoms with van der Waals surface area (Å²) < 4.78 is 3.45. The lowest BCUT2D eigenvalue weighted by Gasteiger charge is -2.04. The topological polar surface area (TPSA) is 81.3 Å². The van der Waals surface area contributed by atoms with Gasteiger partial charge in [0.25, 0.3) is 0 Å². The summed E-state index contributed by atoms with van der Waals surface area (Å²) in [5.41, 5.74) is 0.670. The van der Waals surface area contributed by atoms with Crippen LogP contribution in [0.1, 0.15) is 0 Å². The van der Waals surface area contributed by atoms with E-state index in [1.165, 1.54) is 16.2 Å². The Balaban J connectivity index is 1.58. The van der Waals surface area contributed by atoms with Crippen LogP contribution in [0.2, 0.25) is 0 Å². The van der Waals surface area contributed by atoms with E-state index in [1.807, 2.05) is 42.5 Å². The second-order valence-electron chi connectivity index (χ2n) is 5.84. The maximum atomic E-state index is 12.6. The van der Waals surface area contributed by atoms with Crippen molar-refractivity contribution in [3.63, 3.8) is 0 Å². The summed E-state index contributed by atoms with van der Waals surface area (Å²) in [5, 5.41) is 7.67. The van der Waals surface area contributed by atoms with Gasteiger partial charge in [-0.25, -0.2) is 18.9 Å². The van der Waals surface area contributed by atoms with Crippen LogP contribution in [-0.4, -0.2) is 25.1 Å². The molecule has 4 aromatic rings. The molecule has 2 aromatic heterocycles. The summed E-state index contributed by atoms with van der Waals surface area (Å²) in [6.07, 6.45) is 3.09. The maximum Gasteiger partial charge on any atom is 0.350 e. The molecule has 140 valence electrons. The first-order chi connectivity index (χ1) is 13.6. The Kier molecular flexibility index (Phi) is 5.27. The SMILES string of the molecule is O=C(Cn1nc2c(Sc3ccccc3)nccn2c1=O)Nc1ccc(Br)cc1. The van der Waals surface area contributed by atoms with Gasteiger partial charge in [0.15, 0.2) is 5.65 Å². The Bertz CT molecular complexity index is 1190. The average Bonchev–Trinajstić information content (AvgIpc) is 3.01. The van der Waals surface area contributed by atoms with Gasteiger partial charge in [0.05, 0.1) is 0 Å². The smallest absolute Gasteiger partial charge is 0.324 e. The van der Waals surface area contributed by atoms with Gasteiger partial charge >= 0.3 is 5.69 Å². The Morgan fingerprint density at radius 3 is 2.61 bits per heavy atom. The number of rotatable bonds is 5. The van der Waals surface area contributed by atoms with Crippen LogP contribution in [0.15, 0.2) is 86.2 Å². The zero-order chi connectivity index (χ0) is 19.5. The van der Waals surface area contributed by atoms with Gasteiger partial charge in [0, 0.05) is 27.4 Å². The molecule has 2 heterocycles. The van der Waals surface area contributed by atoms with E-state index in [2.05, 4.69) is 31.3 Å². The predicted octanol–water partition coefficient (Wildman–Crippen LogP) is 3.44. The summed E-state index contributed by atoms with van der Waals surface area (Å²) in [6.45, 7) is -0.188. The first kappa shape index (κ1) is 18.5. The molecule has 0 aliphatic rings. The number of carbonyl (C=O) groups is 1. The van der Waals surface area contributed by atoms with Crippen molar-refractivity contribution in [1.82, 2.24) is 19.2 Å². The van der Waals surface area contributed by atoms with Crippen LogP contribution in [0.3, 0.4) is 0 Å². The van der Waals surface area contributed by atoms with Crippen LogP contribution in [-0.2, 0) is 11.3 Å². The molecule has 0 radical (unpaired) electrons. The van der Waals surface area contributed by atoms with Crippen LogP contribution < -0.4 is 11.0 Å². The Labute approximate surface area is 172 Å². The van der Waals surface area contributed by atoms with Crippen molar-refractivity contribution in [2.45, 2.75) is 16.5 Å². The number of anilines is 1. The van der Waals surface area contributed by atoms with Gasteiger partial charge in [0.1, 0.15) is 11.6 Å². The second kappa shape index (κ2) is 7.99. The van der Waals surface area contributed by atoms with Gasteiger partial charge in [-0.3, -0.25) is 4.79 Å². The van der Waals surface area contributed by atoms with E-state index in [-0.39, 0.29) is 12.5 Å². The largest absolute Gasteiger partial charge is 0.350 e. The van der Waals surface area contributed by atoms with Crippen molar-refractivity contribution in [1.29, 1.82) is 0 Å². The highest BCUT2D eigenvalue weighted by Crippen LogP contribution is 2.27. The Morgan fingerprint density at radius 1 is 1.11 bits per heavy atom. The number of fused-ring (bicyclic) bond motifs is 1. The van der Waals surface area contributed by atoms with Gasteiger partial charge in [-0.05, 0) is 36.4 Å². The van der Waals surface area contributed by atoms with Crippen molar-refractivity contribution in [3.8, 4) is 0 Å². The highest BCUT2D eigenvalue weighted by Gasteiger charge is 2.15. The number of carbonyl (C=O) groups excluding carboxylic acids is 1. The third-order valence-corrected chi connectivity index (χ3v) is 5.37. The van der Waals surface area contributed by atoms with Crippen LogP contribution >= 0.6 is 27.7 Å². The van der Waals surface area contributed by atoms with Crippen LogP contribution in [0.4, 0.5) is 5.69 Å². The molecule has 0 unspecified atom stereocenters. The number of benzene rings is 2. The van der Waals surface area contributed by atoms with Gasteiger partial charge in [-0.1, -0.05) is 45.9 Å². The van der Waals surface area contributed by atoms with E-state index in [0.29, 0.717) is 16.4 Å². The van der Waals surface area contributed by atoms with Gasteiger partial charge in [0.2, 0.25) is 5.91 Å². The van der Waals surface area contributed by atoms with E-state index in [4.69, 9.17) is 0 Å². The zero-order valence-electron chi connectivity index (χ0n) is 14.4. The third kappa shape index (κ3) is 4.00. The summed E-state index contributed by atoms with van der Waals surface area (Å²) in [6, 6.07) is 16.9. The van der Waals surface area contributed by atoms with E-state index in [9.17, 15) is 9.59 Å². The fourth-order valence-corrected chi connectivity index (χ4v) is 3.70. The lowest BCUT2D eigenvalue weighted by atomic mass is 10.3. The summed E-state index contributed by atoms with van der Waals surface area (Å²) in [7, 11) is 0. The number of aromatic nitrogens is 4. The number of hydrogen-bond acceptors (Lipinski definition) is 5. The van der Waals surface area contributed by atoms with Gasteiger partial charge < -0.3 is 5.32 Å². The minimum atomic E-state index is -0.390. The molecule has 0 aliphatic carbocycles. The molecule has 4 rings (SSSR count). The summed E-state index contributed by atoms with van der Waals surface area (Å²) in [4.78, 5) is 30.2. The number of hydrogen-bond donors (Lipinski definition) is 1. The van der Waals surface area contributed by atoms with E-state index in [0.717, 1.165) is 14.1 Å². The van der Waals surface area contributed by atoms with Crippen LogP contribution in [0.25, 0.3) is 5.65 Å². The first-order valence-corrected chi connectivity index (χ1v) is 9.93. The van der Waals surface area contributed by atoms with Gasteiger partial charge in [-0.2, -0.15) is 0 Å². The summed E-state index contributed by atoms with van der Waals surface area (Å²) >= 11 is 4.76. The van der Waals surface area contributed by atoms with Gasteiger partial charge in [-0.15, -0.1) is 5.10 Å². The van der Waals surface area contributed by atoms with E-state index in [1.54, 1.807) is 24.5 Å². The van der Waals surface area contributed by atoms with E-state index < -0.39 is 5.69 Å². The fourth-order valence-electron chi connectivity index (χ4n) is 2.57. The van der Waals surface area contributed by atoms with Crippen molar-refractivity contribution < 1.29 is 4.79 Å². The molecule has 7 nitrogen and oxygen atoms in total. The maximum absolute atomic E-state index is 12.6. The van der Waals surface area contributed by atoms with Crippen molar-refractivity contribution >= 4 is 44.9 Å². The standard InChI is InChI=1S/C19H14BrN5O2S/c20-13-6-8-14(9-7-13)22-16(26)12-25-19(27)24-11-10-21-18(17(24)23-25)28-15-4-2-1-3-5-15/h1-11H,12H2,(H,22,26). The van der Waals surface area contributed by atoms with E-state index >= 15 is 0 Å². The molecule has 0 fully saturated rings. The average molecular weight is 456 g/mol. The Hall–Kier alpha value is -2.91. The van der Waals surface area contributed by atoms with Crippen molar-refractivity contribution in [3.05, 3.63) is 81.9 Å². The molecular weight excluding hydrogens is 442 g/mol. The molecule has 0 spiro atoms. The number of nitrogens with one attached hydrogen (secondary N) is 1.